The molecule has 0 aliphatic carbocycles. The van der Waals surface area contributed by atoms with E-state index in [0.717, 1.165) is 0 Å². The molecule has 4 nitrogen and oxygen atoms in total. The minimum atomic E-state index is -4.45. The van der Waals surface area contributed by atoms with Gasteiger partial charge in [-0.2, -0.15) is 13.2 Å². The molecular formula is C10H12F3NO3S2. The molecule has 0 fully saturated rings. The van der Waals surface area contributed by atoms with Crippen LogP contribution in [-0.4, -0.2) is 32.5 Å². The summed E-state index contributed by atoms with van der Waals surface area (Å²) in [6.07, 6.45) is 0. The predicted octanol–water partition coefficient (Wildman–Crippen LogP) is 2.30. The number of anilines is 1. The Hall–Kier alpha value is -1.09. The predicted molar refractivity (Wildman–Crippen MR) is 68.0 cm³/mol. The third kappa shape index (κ3) is 4.83. The first-order valence-corrected chi connectivity index (χ1v) is 7.66. The maximum Gasteiger partial charge on any atom is 0.441 e. The maximum atomic E-state index is 12.0. The molecule has 0 heterocycles. The van der Waals surface area contributed by atoms with Crippen LogP contribution in [0.15, 0.2) is 23.1 Å². The monoisotopic (exact) mass is 315 g/mol. The summed E-state index contributed by atoms with van der Waals surface area (Å²) in [7, 11) is -2.52. The van der Waals surface area contributed by atoms with Crippen LogP contribution >= 0.6 is 11.8 Å². The van der Waals surface area contributed by atoms with Crippen LogP contribution in [0.25, 0.3) is 0 Å². The molecule has 1 aromatic rings. The van der Waals surface area contributed by atoms with E-state index in [1.54, 1.807) is 0 Å². The lowest BCUT2D eigenvalue weighted by molar-refractivity contribution is -0.0326. The second kappa shape index (κ2) is 5.91. The zero-order chi connectivity index (χ0) is 14.7. The average Bonchev–Trinajstić information content (AvgIpc) is 2.27. The van der Waals surface area contributed by atoms with Crippen LogP contribution in [-0.2, 0) is 9.84 Å². The summed E-state index contributed by atoms with van der Waals surface area (Å²) >= 11 is -0.380. The normalized spacial score (nSPS) is 12.4. The van der Waals surface area contributed by atoms with Crippen LogP contribution in [0.3, 0.4) is 0 Å². The van der Waals surface area contributed by atoms with E-state index in [1.807, 2.05) is 0 Å². The molecular weight excluding hydrogens is 303 g/mol. The number of nitrogen functional groups attached to an aromatic ring is 1. The molecule has 0 saturated carbocycles. The van der Waals surface area contributed by atoms with Crippen LogP contribution in [0.5, 0.6) is 5.75 Å². The first-order valence-electron chi connectivity index (χ1n) is 5.02. The van der Waals surface area contributed by atoms with E-state index in [0.29, 0.717) is 0 Å². The second-order valence-corrected chi connectivity index (χ2v) is 6.75. The highest BCUT2D eigenvalue weighted by Gasteiger charge is 2.29. The second-order valence-electron chi connectivity index (χ2n) is 3.52. The molecule has 108 valence electrons. The molecule has 1 rings (SSSR count). The average molecular weight is 315 g/mol. The lowest BCUT2D eigenvalue weighted by Crippen LogP contribution is -2.13. The third-order valence-corrected chi connectivity index (χ3v) is 4.93. The van der Waals surface area contributed by atoms with Gasteiger partial charge in [-0.25, -0.2) is 8.42 Å². The van der Waals surface area contributed by atoms with E-state index in [2.05, 4.69) is 0 Å². The number of sulfone groups is 1. The van der Waals surface area contributed by atoms with Gasteiger partial charge in [0.25, 0.3) is 0 Å². The smallest absolute Gasteiger partial charge is 0.441 e. The summed E-state index contributed by atoms with van der Waals surface area (Å²) in [6, 6.07) is 4.00. The fourth-order valence-corrected chi connectivity index (χ4v) is 3.67. The van der Waals surface area contributed by atoms with Gasteiger partial charge >= 0.3 is 5.51 Å². The van der Waals surface area contributed by atoms with Crippen molar-refractivity contribution in [2.24, 2.45) is 0 Å². The molecule has 0 aromatic heterocycles. The van der Waals surface area contributed by atoms with Crippen molar-refractivity contribution in [3.63, 3.8) is 0 Å². The third-order valence-electron chi connectivity index (χ3n) is 2.17. The minimum absolute atomic E-state index is 0.0159. The summed E-state index contributed by atoms with van der Waals surface area (Å²) in [6.45, 7) is 0. The van der Waals surface area contributed by atoms with Gasteiger partial charge in [0.1, 0.15) is 5.75 Å². The van der Waals surface area contributed by atoms with E-state index in [4.69, 9.17) is 10.5 Å². The van der Waals surface area contributed by atoms with Crippen LogP contribution < -0.4 is 10.5 Å². The Morgan fingerprint density at radius 2 is 2.00 bits per heavy atom. The van der Waals surface area contributed by atoms with Gasteiger partial charge in [0.15, 0.2) is 9.84 Å². The van der Waals surface area contributed by atoms with Crippen LogP contribution in [0, 0.1) is 0 Å². The summed E-state index contributed by atoms with van der Waals surface area (Å²) in [4.78, 5) is -0.213. The van der Waals surface area contributed by atoms with Gasteiger partial charge < -0.3 is 10.5 Å². The standard InChI is InChI=1S/C10H12F3NO3S2/c1-17-7-2-3-8(14)9(6-7)19(15,16)5-4-18-10(11,12)13/h2-3,6H,4-5,14H2,1H3. The highest BCUT2D eigenvalue weighted by atomic mass is 32.2. The number of thioether (sulfide) groups is 1. The Morgan fingerprint density at radius 1 is 1.37 bits per heavy atom. The molecule has 0 bridgehead atoms. The van der Waals surface area contributed by atoms with E-state index < -0.39 is 26.9 Å². The zero-order valence-electron chi connectivity index (χ0n) is 9.90. The van der Waals surface area contributed by atoms with Gasteiger partial charge in [-0.1, -0.05) is 0 Å². The summed E-state index contributed by atoms with van der Waals surface area (Å²) in [5, 5.41) is 0. The van der Waals surface area contributed by atoms with Crippen molar-refractivity contribution in [1.82, 2.24) is 0 Å². The first-order chi connectivity index (χ1) is 8.65. The van der Waals surface area contributed by atoms with E-state index in [1.165, 1.54) is 25.3 Å². The molecule has 0 saturated heterocycles. The SMILES string of the molecule is COc1ccc(N)c(S(=O)(=O)CCSC(F)(F)F)c1. The highest BCUT2D eigenvalue weighted by molar-refractivity contribution is 8.01. The fraction of sp³-hybridized carbons (Fsp3) is 0.400. The molecule has 0 spiro atoms. The lowest BCUT2D eigenvalue weighted by Gasteiger charge is -2.10. The van der Waals surface area contributed by atoms with Crippen LogP contribution in [0.1, 0.15) is 0 Å². The number of benzene rings is 1. The largest absolute Gasteiger partial charge is 0.497 e. The van der Waals surface area contributed by atoms with Crippen LogP contribution in [0.4, 0.5) is 18.9 Å². The number of hydrogen-bond donors (Lipinski definition) is 1. The Morgan fingerprint density at radius 3 is 2.53 bits per heavy atom. The number of halogens is 3. The molecule has 0 aliphatic rings. The zero-order valence-corrected chi connectivity index (χ0v) is 11.5. The van der Waals surface area contributed by atoms with Crippen molar-refractivity contribution in [3.05, 3.63) is 18.2 Å². The minimum Gasteiger partial charge on any atom is -0.497 e. The van der Waals surface area contributed by atoms with Gasteiger partial charge in [-0.05, 0) is 23.9 Å². The van der Waals surface area contributed by atoms with Crippen molar-refractivity contribution in [1.29, 1.82) is 0 Å². The molecule has 0 atom stereocenters. The summed E-state index contributed by atoms with van der Waals surface area (Å²) < 4.78 is 64.5. The van der Waals surface area contributed by atoms with Gasteiger partial charge in [0.05, 0.1) is 23.4 Å². The van der Waals surface area contributed by atoms with Crippen molar-refractivity contribution in [3.8, 4) is 5.75 Å². The number of hydrogen-bond acceptors (Lipinski definition) is 5. The number of alkyl halides is 3. The molecule has 0 aliphatic heterocycles. The van der Waals surface area contributed by atoms with Gasteiger partial charge in [0, 0.05) is 11.8 Å². The molecule has 0 amide bonds. The molecule has 0 unspecified atom stereocenters. The van der Waals surface area contributed by atoms with E-state index in [-0.39, 0.29) is 28.1 Å². The van der Waals surface area contributed by atoms with E-state index in [9.17, 15) is 21.6 Å². The Balaban J connectivity index is 2.88. The Labute approximate surface area is 113 Å². The molecule has 19 heavy (non-hydrogen) atoms. The first kappa shape index (κ1) is 16.0. The molecule has 0 radical (unpaired) electrons. The van der Waals surface area contributed by atoms with E-state index >= 15 is 0 Å². The van der Waals surface area contributed by atoms with Gasteiger partial charge in [-0.15, -0.1) is 0 Å². The van der Waals surface area contributed by atoms with Crippen molar-refractivity contribution >= 4 is 27.3 Å². The Kier molecular flexibility index (Phi) is 4.97. The highest BCUT2D eigenvalue weighted by Crippen LogP contribution is 2.31. The Bertz CT molecular complexity index is 543. The summed E-state index contributed by atoms with van der Waals surface area (Å²) in [5.74, 6) is -0.951. The van der Waals surface area contributed by atoms with Gasteiger partial charge in [-0.3, -0.25) is 0 Å². The molecule has 1 aromatic carbocycles. The van der Waals surface area contributed by atoms with Crippen molar-refractivity contribution in [2.75, 3.05) is 24.3 Å². The van der Waals surface area contributed by atoms with Gasteiger partial charge in [0.2, 0.25) is 0 Å². The lowest BCUT2D eigenvalue weighted by atomic mass is 10.3. The topological polar surface area (TPSA) is 69.4 Å². The van der Waals surface area contributed by atoms with Crippen LogP contribution in [0.2, 0.25) is 0 Å². The quantitative estimate of drug-likeness (QED) is 0.844. The summed E-state index contributed by atoms with van der Waals surface area (Å²) in [5.41, 5.74) is 1.06. The number of ether oxygens (including phenoxy) is 1. The fourth-order valence-electron chi connectivity index (χ4n) is 1.29. The van der Waals surface area contributed by atoms with Crippen molar-refractivity contribution < 1.29 is 26.3 Å². The number of methoxy groups -OCH3 is 1. The number of nitrogens with two attached hydrogens (primary N) is 1. The molecule has 9 heteroatoms. The maximum absolute atomic E-state index is 12.0. The molecule has 2 N–H and O–H groups in total. The van der Waals surface area contributed by atoms with Crippen molar-refractivity contribution in [2.45, 2.75) is 10.4 Å². The number of rotatable bonds is 5.